The first-order valence-electron chi connectivity index (χ1n) is 9.50. The average molecular weight is 368 g/mol. The molecule has 1 aliphatic rings. The third kappa shape index (κ3) is 5.01. The Balaban J connectivity index is 1.75. The first-order valence-corrected chi connectivity index (χ1v) is 9.50. The Kier molecular flexibility index (Phi) is 6.35. The summed E-state index contributed by atoms with van der Waals surface area (Å²) in [5.41, 5.74) is 2.76. The molecule has 144 valence electrons. The maximum Gasteiger partial charge on any atom is 0.253 e. The second-order valence-electron chi connectivity index (χ2n) is 6.95. The van der Waals surface area contributed by atoms with E-state index in [2.05, 4.69) is 11.9 Å². The first kappa shape index (κ1) is 19.2. The summed E-state index contributed by atoms with van der Waals surface area (Å²) in [6.45, 7) is 8.28. The molecule has 0 radical (unpaired) electrons. The number of nitrogens with zero attached hydrogens (tertiary/aromatic N) is 2. The standard InChI is InChI=1S/C22H28N2O3/c1-4-26-21-10-7-18(22(25)24-13-11-23(3)12-14-24)15-19(21)16-27-20-8-5-17(2)6-9-20/h5-10,15H,4,11-14,16H2,1-3H3. The van der Waals surface area contributed by atoms with Crippen molar-refractivity contribution in [2.24, 2.45) is 0 Å². The molecule has 0 aliphatic carbocycles. The van der Waals surface area contributed by atoms with Gasteiger partial charge < -0.3 is 19.3 Å². The fourth-order valence-corrected chi connectivity index (χ4v) is 3.11. The Bertz CT molecular complexity index is 766. The molecule has 0 bridgehead atoms. The van der Waals surface area contributed by atoms with Crippen molar-refractivity contribution in [3.05, 3.63) is 59.2 Å². The molecular formula is C22H28N2O3. The molecule has 0 N–H and O–H groups in total. The Hall–Kier alpha value is -2.53. The van der Waals surface area contributed by atoms with Crippen molar-refractivity contribution in [2.45, 2.75) is 20.5 Å². The summed E-state index contributed by atoms with van der Waals surface area (Å²) in [4.78, 5) is 17.0. The van der Waals surface area contributed by atoms with E-state index >= 15 is 0 Å². The van der Waals surface area contributed by atoms with Crippen LogP contribution in [0, 0.1) is 6.92 Å². The highest BCUT2D eigenvalue weighted by Crippen LogP contribution is 2.24. The minimum absolute atomic E-state index is 0.0720. The summed E-state index contributed by atoms with van der Waals surface area (Å²) in [5.74, 6) is 1.64. The van der Waals surface area contributed by atoms with Crippen LogP contribution in [-0.4, -0.2) is 55.5 Å². The van der Waals surface area contributed by atoms with Gasteiger partial charge in [-0.2, -0.15) is 0 Å². The van der Waals surface area contributed by atoms with E-state index in [9.17, 15) is 4.79 Å². The number of carbonyl (C=O) groups excluding carboxylic acids is 1. The molecule has 1 saturated heterocycles. The van der Waals surface area contributed by atoms with Gasteiger partial charge in [-0.25, -0.2) is 0 Å². The lowest BCUT2D eigenvalue weighted by atomic mass is 10.1. The van der Waals surface area contributed by atoms with Gasteiger partial charge in [0.05, 0.1) is 6.61 Å². The summed E-state index contributed by atoms with van der Waals surface area (Å²) < 4.78 is 11.6. The number of aryl methyl sites for hydroxylation is 1. The quantitative estimate of drug-likeness (QED) is 0.784. The zero-order valence-electron chi connectivity index (χ0n) is 16.4. The fraction of sp³-hybridized carbons (Fsp3) is 0.409. The van der Waals surface area contributed by atoms with Crippen LogP contribution in [0.4, 0.5) is 0 Å². The van der Waals surface area contributed by atoms with E-state index in [1.807, 2.05) is 61.2 Å². The van der Waals surface area contributed by atoms with Crippen LogP contribution in [0.1, 0.15) is 28.4 Å². The highest BCUT2D eigenvalue weighted by atomic mass is 16.5. The monoisotopic (exact) mass is 368 g/mol. The van der Waals surface area contributed by atoms with Crippen molar-refractivity contribution in [3.63, 3.8) is 0 Å². The van der Waals surface area contributed by atoms with E-state index < -0.39 is 0 Å². The van der Waals surface area contributed by atoms with Crippen LogP contribution >= 0.6 is 0 Å². The van der Waals surface area contributed by atoms with Gasteiger partial charge in [0.2, 0.25) is 0 Å². The summed E-state index contributed by atoms with van der Waals surface area (Å²) in [6, 6.07) is 13.6. The van der Waals surface area contributed by atoms with Crippen LogP contribution in [0.3, 0.4) is 0 Å². The maximum atomic E-state index is 12.9. The van der Waals surface area contributed by atoms with Gasteiger partial charge in [0.1, 0.15) is 18.1 Å². The Morgan fingerprint density at radius 2 is 1.70 bits per heavy atom. The largest absolute Gasteiger partial charge is 0.493 e. The molecule has 3 rings (SSSR count). The molecule has 2 aromatic carbocycles. The lowest BCUT2D eigenvalue weighted by Gasteiger charge is -2.32. The number of carbonyl (C=O) groups is 1. The van der Waals surface area contributed by atoms with Gasteiger partial charge in [0.15, 0.2) is 0 Å². The average Bonchev–Trinajstić information content (AvgIpc) is 2.68. The van der Waals surface area contributed by atoms with Crippen molar-refractivity contribution in [1.29, 1.82) is 0 Å². The molecule has 5 heteroatoms. The smallest absolute Gasteiger partial charge is 0.253 e. The summed E-state index contributed by atoms with van der Waals surface area (Å²) in [6.07, 6.45) is 0. The number of hydrogen-bond acceptors (Lipinski definition) is 4. The Morgan fingerprint density at radius 1 is 1.00 bits per heavy atom. The van der Waals surface area contributed by atoms with Crippen LogP contribution in [0.25, 0.3) is 0 Å². The predicted octanol–water partition coefficient (Wildman–Crippen LogP) is 3.36. The zero-order valence-corrected chi connectivity index (χ0v) is 16.4. The van der Waals surface area contributed by atoms with Crippen molar-refractivity contribution in [1.82, 2.24) is 9.80 Å². The molecule has 0 spiro atoms. The third-order valence-corrected chi connectivity index (χ3v) is 4.81. The van der Waals surface area contributed by atoms with Gasteiger partial charge in [-0.05, 0) is 51.2 Å². The number of rotatable bonds is 6. The topological polar surface area (TPSA) is 42.0 Å². The van der Waals surface area contributed by atoms with Gasteiger partial charge >= 0.3 is 0 Å². The maximum absolute atomic E-state index is 12.9. The minimum Gasteiger partial charge on any atom is -0.493 e. The number of hydrogen-bond donors (Lipinski definition) is 0. The Labute approximate surface area is 161 Å². The molecule has 0 aromatic heterocycles. The molecule has 1 heterocycles. The highest BCUT2D eigenvalue weighted by Gasteiger charge is 2.21. The van der Waals surface area contributed by atoms with E-state index in [-0.39, 0.29) is 5.91 Å². The van der Waals surface area contributed by atoms with Crippen LogP contribution < -0.4 is 9.47 Å². The van der Waals surface area contributed by atoms with E-state index in [0.717, 1.165) is 43.2 Å². The molecule has 1 fully saturated rings. The fourth-order valence-electron chi connectivity index (χ4n) is 3.11. The molecule has 5 nitrogen and oxygen atoms in total. The lowest BCUT2D eigenvalue weighted by Crippen LogP contribution is -2.47. The molecule has 0 unspecified atom stereocenters. The first-order chi connectivity index (χ1) is 13.1. The van der Waals surface area contributed by atoms with E-state index in [1.54, 1.807) is 0 Å². The van der Waals surface area contributed by atoms with Crippen molar-refractivity contribution >= 4 is 5.91 Å². The minimum atomic E-state index is 0.0720. The number of amides is 1. The summed E-state index contributed by atoms with van der Waals surface area (Å²) in [5, 5.41) is 0. The van der Waals surface area contributed by atoms with Crippen molar-refractivity contribution in [3.8, 4) is 11.5 Å². The van der Waals surface area contributed by atoms with Crippen LogP contribution in [0.15, 0.2) is 42.5 Å². The molecule has 1 aliphatic heterocycles. The lowest BCUT2D eigenvalue weighted by molar-refractivity contribution is 0.0664. The van der Waals surface area contributed by atoms with Crippen LogP contribution in [0.2, 0.25) is 0 Å². The van der Waals surface area contributed by atoms with Crippen molar-refractivity contribution in [2.75, 3.05) is 39.8 Å². The summed E-state index contributed by atoms with van der Waals surface area (Å²) >= 11 is 0. The van der Waals surface area contributed by atoms with E-state index in [0.29, 0.717) is 18.8 Å². The Morgan fingerprint density at radius 3 is 2.37 bits per heavy atom. The number of piperazine rings is 1. The van der Waals surface area contributed by atoms with Gasteiger partial charge in [0.25, 0.3) is 5.91 Å². The molecule has 0 atom stereocenters. The summed E-state index contributed by atoms with van der Waals surface area (Å²) in [7, 11) is 2.08. The molecule has 2 aromatic rings. The van der Waals surface area contributed by atoms with Crippen LogP contribution in [0.5, 0.6) is 11.5 Å². The van der Waals surface area contributed by atoms with Gasteiger partial charge in [0, 0.05) is 37.3 Å². The normalized spacial score (nSPS) is 14.9. The highest BCUT2D eigenvalue weighted by molar-refractivity contribution is 5.94. The van der Waals surface area contributed by atoms with Crippen molar-refractivity contribution < 1.29 is 14.3 Å². The second-order valence-corrected chi connectivity index (χ2v) is 6.95. The number of likely N-dealkylation sites (N-methyl/N-ethyl adjacent to an activating group) is 1. The predicted molar refractivity (Wildman–Crippen MR) is 107 cm³/mol. The SMILES string of the molecule is CCOc1ccc(C(=O)N2CCN(C)CC2)cc1COc1ccc(C)cc1. The zero-order chi connectivity index (χ0) is 19.2. The number of benzene rings is 2. The number of ether oxygens (including phenoxy) is 2. The van der Waals surface area contributed by atoms with Gasteiger partial charge in [-0.1, -0.05) is 17.7 Å². The molecule has 1 amide bonds. The van der Waals surface area contributed by atoms with E-state index in [1.165, 1.54) is 5.56 Å². The second kappa shape index (κ2) is 8.91. The van der Waals surface area contributed by atoms with Gasteiger partial charge in [-0.3, -0.25) is 4.79 Å². The molecular weight excluding hydrogens is 340 g/mol. The van der Waals surface area contributed by atoms with Gasteiger partial charge in [-0.15, -0.1) is 0 Å². The molecule has 0 saturated carbocycles. The van der Waals surface area contributed by atoms with E-state index in [4.69, 9.17) is 9.47 Å². The molecule has 27 heavy (non-hydrogen) atoms. The van der Waals surface area contributed by atoms with Crippen LogP contribution in [-0.2, 0) is 6.61 Å². The third-order valence-electron chi connectivity index (χ3n) is 4.81.